The molecule has 3 heterocycles. The molecule has 0 spiro atoms. The molecule has 2 atom stereocenters. The molecule has 13 heteroatoms. The molecule has 1 aliphatic rings. The fraction of sp³-hybridized carbons (Fsp3) is 0.333. The van der Waals surface area contributed by atoms with Crippen LogP contribution in [0.4, 0.5) is 18.0 Å². The van der Waals surface area contributed by atoms with Crippen LogP contribution in [0.2, 0.25) is 0 Å². The molecule has 0 saturated carbocycles. The molecule has 1 fully saturated rings. The number of nitrogens with zero attached hydrogens (tertiary/aromatic N) is 5. The number of benzene rings is 2. The van der Waals surface area contributed by atoms with E-state index in [-0.39, 0.29) is 47.6 Å². The molecule has 0 aliphatic carbocycles. The lowest BCUT2D eigenvalue weighted by Gasteiger charge is -2.43. The van der Waals surface area contributed by atoms with E-state index in [9.17, 15) is 27.9 Å². The number of fused-ring (bicyclic) bond motifs is 1. The molecule has 10 nitrogen and oxygen atoms in total. The first-order valence-electron chi connectivity index (χ1n) is 13.7. The van der Waals surface area contributed by atoms with Crippen LogP contribution in [0.5, 0.6) is 5.75 Å². The molecule has 2 amide bonds. The molecule has 2 aromatic carbocycles. The number of piperazine rings is 1. The molecule has 5 rings (SSSR count). The predicted molar refractivity (Wildman–Crippen MR) is 152 cm³/mol. The third-order valence-electron chi connectivity index (χ3n) is 7.74. The van der Waals surface area contributed by atoms with E-state index in [1.807, 2.05) is 37.3 Å². The van der Waals surface area contributed by atoms with Gasteiger partial charge in [0.2, 0.25) is 0 Å². The monoisotopic (exact) mass is 596 g/mol. The van der Waals surface area contributed by atoms with E-state index < -0.39 is 23.9 Å². The molecular formula is C30H31F3N6O4. The van der Waals surface area contributed by atoms with Crippen molar-refractivity contribution in [2.75, 3.05) is 33.3 Å². The molecular weight excluding hydrogens is 565 g/mol. The van der Waals surface area contributed by atoms with E-state index in [4.69, 9.17) is 4.74 Å². The summed E-state index contributed by atoms with van der Waals surface area (Å²) >= 11 is 0. The second-order valence-electron chi connectivity index (χ2n) is 10.4. The van der Waals surface area contributed by atoms with Gasteiger partial charge in [-0.05, 0) is 43.7 Å². The van der Waals surface area contributed by atoms with Gasteiger partial charge in [0, 0.05) is 43.3 Å². The second kappa shape index (κ2) is 11.9. The van der Waals surface area contributed by atoms with Gasteiger partial charge in [-0.25, -0.2) is 14.3 Å². The zero-order valence-corrected chi connectivity index (χ0v) is 23.8. The van der Waals surface area contributed by atoms with Crippen molar-refractivity contribution in [3.05, 3.63) is 83.2 Å². The van der Waals surface area contributed by atoms with Crippen molar-refractivity contribution in [3.8, 4) is 17.0 Å². The fourth-order valence-corrected chi connectivity index (χ4v) is 5.63. The lowest BCUT2D eigenvalue weighted by molar-refractivity contribution is -0.143. The van der Waals surface area contributed by atoms with Gasteiger partial charge in [-0.15, -0.1) is 0 Å². The van der Waals surface area contributed by atoms with Gasteiger partial charge < -0.3 is 20.1 Å². The normalized spacial score (nSPS) is 16.7. The topological polar surface area (TPSA) is 112 Å². The van der Waals surface area contributed by atoms with E-state index in [0.717, 1.165) is 11.8 Å². The Morgan fingerprint density at radius 1 is 1.12 bits per heavy atom. The van der Waals surface area contributed by atoms with Crippen LogP contribution in [0.25, 0.3) is 16.9 Å². The molecule has 1 saturated heterocycles. The zero-order chi connectivity index (χ0) is 30.9. The van der Waals surface area contributed by atoms with Crippen LogP contribution in [0.15, 0.2) is 60.8 Å². The minimum Gasteiger partial charge on any atom is -0.497 e. The quantitative estimate of drug-likeness (QED) is 0.313. The smallest absolute Gasteiger partial charge is 0.433 e. The first-order valence-corrected chi connectivity index (χ1v) is 13.7. The largest absolute Gasteiger partial charge is 0.497 e. The third-order valence-corrected chi connectivity index (χ3v) is 7.74. The number of carboxylic acid groups (broad SMARTS) is 1. The molecule has 2 aromatic heterocycles. The minimum absolute atomic E-state index is 0.0345. The molecule has 4 aromatic rings. The summed E-state index contributed by atoms with van der Waals surface area (Å²) in [6.07, 6.45) is -4.75. The Hall–Kier alpha value is -4.65. The maximum absolute atomic E-state index is 14.3. The summed E-state index contributed by atoms with van der Waals surface area (Å²) in [6.45, 7) is 4.46. The molecule has 226 valence electrons. The molecule has 1 aliphatic heterocycles. The molecule has 43 heavy (non-hydrogen) atoms. The number of carbonyl (C=O) groups is 2. The third kappa shape index (κ3) is 5.98. The van der Waals surface area contributed by atoms with Gasteiger partial charge in [0.25, 0.3) is 5.91 Å². The Labute approximate surface area is 245 Å². The second-order valence-corrected chi connectivity index (χ2v) is 10.4. The van der Waals surface area contributed by atoms with Crippen LogP contribution in [0.3, 0.4) is 0 Å². The number of aromatic nitrogens is 3. The summed E-state index contributed by atoms with van der Waals surface area (Å²) in [5, 5.41) is 15.6. The molecule has 2 N–H and O–H groups in total. The van der Waals surface area contributed by atoms with Gasteiger partial charge in [0.05, 0.1) is 25.0 Å². The van der Waals surface area contributed by atoms with Crippen molar-refractivity contribution >= 4 is 17.6 Å². The standard InChI is InChI=1S/C30H31F3N6O4/c1-18-17-37(24(16-34-29(41)42)20-7-5-4-6-8-20)13-14-38(18)28(40)23-15-35-39-26(30(31,32)33)19(2)25(36-27(23)39)21-9-11-22(43-3)12-10-21/h4-12,15,18,24,34H,13-14,16-17H2,1-3H3,(H,41,42)/t18-,24+/m1/s1. The molecule has 0 bridgehead atoms. The number of carbonyl (C=O) groups excluding carboxylic acids is 1. The number of rotatable bonds is 7. The van der Waals surface area contributed by atoms with E-state index >= 15 is 0 Å². The molecule has 0 radical (unpaired) electrons. The number of methoxy groups -OCH3 is 1. The fourth-order valence-electron chi connectivity index (χ4n) is 5.63. The lowest BCUT2D eigenvalue weighted by Crippen LogP contribution is -2.55. The van der Waals surface area contributed by atoms with Gasteiger partial charge in [0.15, 0.2) is 11.3 Å². The van der Waals surface area contributed by atoms with Gasteiger partial charge in [-0.3, -0.25) is 9.69 Å². The number of ether oxygens (including phenoxy) is 1. The van der Waals surface area contributed by atoms with Crippen molar-refractivity contribution in [2.45, 2.75) is 32.1 Å². The highest BCUT2D eigenvalue weighted by atomic mass is 19.4. The minimum atomic E-state index is -4.76. The van der Waals surface area contributed by atoms with Crippen LogP contribution >= 0.6 is 0 Å². The summed E-state index contributed by atoms with van der Waals surface area (Å²) in [7, 11) is 1.49. The Balaban J connectivity index is 1.47. The van der Waals surface area contributed by atoms with Crippen molar-refractivity contribution < 1.29 is 32.6 Å². The highest BCUT2D eigenvalue weighted by Crippen LogP contribution is 2.37. The summed E-state index contributed by atoms with van der Waals surface area (Å²) < 4.78 is 48.9. The number of hydrogen-bond donors (Lipinski definition) is 2. The average molecular weight is 597 g/mol. The number of nitrogens with one attached hydrogen (secondary N) is 1. The average Bonchev–Trinajstić information content (AvgIpc) is 3.39. The number of halogens is 3. The molecule has 0 unspecified atom stereocenters. The maximum Gasteiger partial charge on any atom is 0.433 e. The van der Waals surface area contributed by atoms with Crippen LogP contribution in [-0.4, -0.2) is 80.8 Å². The van der Waals surface area contributed by atoms with E-state index in [2.05, 4.69) is 20.3 Å². The summed E-state index contributed by atoms with van der Waals surface area (Å²) in [6, 6.07) is 15.4. The summed E-state index contributed by atoms with van der Waals surface area (Å²) in [4.78, 5) is 33.3. The first-order chi connectivity index (χ1) is 20.5. The summed E-state index contributed by atoms with van der Waals surface area (Å²) in [5.41, 5.74) is 0.120. The number of hydrogen-bond acceptors (Lipinski definition) is 6. The van der Waals surface area contributed by atoms with Crippen molar-refractivity contribution in [1.82, 2.24) is 29.7 Å². The predicted octanol–water partition coefficient (Wildman–Crippen LogP) is 4.89. The van der Waals surface area contributed by atoms with Crippen LogP contribution in [-0.2, 0) is 6.18 Å². The van der Waals surface area contributed by atoms with Gasteiger partial charge in [-0.2, -0.15) is 18.3 Å². The zero-order valence-electron chi connectivity index (χ0n) is 23.8. The number of alkyl halides is 3. The van der Waals surface area contributed by atoms with Crippen LogP contribution in [0.1, 0.15) is 40.1 Å². The van der Waals surface area contributed by atoms with Crippen LogP contribution < -0.4 is 10.1 Å². The lowest BCUT2D eigenvalue weighted by atomic mass is 10.0. The van der Waals surface area contributed by atoms with Crippen molar-refractivity contribution in [1.29, 1.82) is 0 Å². The van der Waals surface area contributed by atoms with Gasteiger partial charge in [0.1, 0.15) is 11.3 Å². The van der Waals surface area contributed by atoms with E-state index in [1.54, 1.807) is 29.2 Å². The Kier molecular flexibility index (Phi) is 8.27. The van der Waals surface area contributed by atoms with Gasteiger partial charge in [-0.1, -0.05) is 30.3 Å². The van der Waals surface area contributed by atoms with Gasteiger partial charge >= 0.3 is 12.3 Å². The van der Waals surface area contributed by atoms with Crippen molar-refractivity contribution in [3.63, 3.8) is 0 Å². The maximum atomic E-state index is 14.3. The first kappa shape index (κ1) is 29.8. The highest BCUT2D eigenvalue weighted by molar-refractivity contribution is 6.00. The Morgan fingerprint density at radius 3 is 2.42 bits per heavy atom. The Morgan fingerprint density at radius 2 is 1.81 bits per heavy atom. The van der Waals surface area contributed by atoms with E-state index in [0.29, 0.717) is 28.9 Å². The number of amides is 2. The summed E-state index contributed by atoms with van der Waals surface area (Å²) in [5.74, 6) is 0.0624. The SMILES string of the molecule is COc1ccc(-c2nc3c(C(=O)N4CCN([C@@H](CNC(=O)O)c5ccccc5)C[C@H]4C)cnn3c(C(F)(F)F)c2C)cc1. The highest BCUT2D eigenvalue weighted by Gasteiger charge is 2.40. The van der Waals surface area contributed by atoms with Crippen molar-refractivity contribution in [2.24, 2.45) is 0 Å². The van der Waals surface area contributed by atoms with E-state index in [1.165, 1.54) is 14.0 Å². The van der Waals surface area contributed by atoms with Crippen LogP contribution in [0, 0.1) is 6.92 Å². The Bertz CT molecular complexity index is 1630.